The van der Waals surface area contributed by atoms with Crippen LogP contribution in [0, 0.1) is 0 Å². The summed E-state index contributed by atoms with van der Waals surface area (Å²) in [7, 11) is 2.08. The first-order valence-electron chi connectivity index (χ1n) is 7.34. The molecule has 102 valence electrons. The highest BCUT2D eigenvalue weighted by Crippen LogP contribution is 2.10. The van der Waals surface area contributed by atoms with Crippen molar-refractivity contribution in [1.82, 2.24) is 15.1 Å². The second-order valence-electron chi connectivity index (χ2n) is 5.31. The van der Waals surface area contributed by atoms with Crippen molar-refractivity contribution >= 4 is 0 Å². The van der Waals surface area contributed by atoms with E-state index in [0.717, 1.165) is 6.04 Å². The molecule has 0 spiro atoms. The Morgan fingerprint density at radius 2 is 2.06 bits per heavy atom. The second kappa shape index (κ2) is 8.06. The summed E-state index contributed by atoms with van der Waals surface area (Å²) < 4.78 is 0. The van der Waals surface area contributed by atoms with Gasteiger partial charge in [-0.1, -0.05) is 13.8 Å². The van der Waals surface area contributed by atoms with Gasteiger partial charge in [0.05, 0.1) is 0 Å². The molecule has 1 aliphatic heterocycles. The van der Waals surface area contributed by atoms with Crippen LogP contribution < -0.4 is 5.32 Å². The molecular weight excluding hydrogens is 210 g/mol. The van der Waals surface area contributed by atoms with Gasteiger partial charge in [0.15, 0.2) is 0 Å². The minimum absolute atomic E-state index is 0.712. The topological polar surface area (TPSA) is 18.5 Å². The van der Waals surface area contributed by atoms with E-state index in [0.29, 0.717) is 6.04 Å². The number of hydrogen-bond acceptors (Lipinski definition) is 3. The van der Waals surface area contributed by atoms with E-state index in [1.165, 1.54) is 52.0 Å². The Balaban J connectivity index is 2.16. The Morgan fingerprint density at radius 1 is 1.29 bits per heavy atom. The van der Waals surface area contributed by atoms with E-state index < -0.39 is 0 Å². The number of rotatable bonds is 7. The number of likely N-dealkylation sites (N-methyl/N-ethyl adjacent to an activating group) is 1. The van der Waals surface area contributed by atoms with Crippen molar-refractivity contribution in [3.05, 3.63) is 0 Å². The Morgan fingerprint density at radius 3 is 2.59 bits per heavy atom. The molecule has 1 saturated heterocycles. The fourth-order valence-corrected chi connectivity index (χ4v) is 2.86. The maximum atomic E-state index is 3.39. The Bertz CT molecular complexity index is 192. The first kappa shape index (κ1) is 14.9. The average Bonchev–Trinajstić information content (AvgIpc) is 2.35. The van der Waals surface area contributed by atoms with Gasteiger partial charge in [0.25, 0.3) is 0 Å². The molecule has 0 saturated carbocycles. The van der Waals surface area contributed by atoms with Gasteiger partial charge in [-0.15, -0.1) is 0 Å². The molecule has 3 nitrogen and oxygen atoms in total. The van der Waals surface area contributed by atoms with Gasteiger partial charge in [0, 0.05) is 31.7 Å². The number of hydrogen-bond donors (Lipinski definition) is 1. The van der Waals surface area contributed by atoms with Crippen molar-refractivity contribution in [3.63, 3.8) is 0 Å². The molecule has 2 unspecified atom stereocenters. The van der Waals surface area contributed by atoms with Crippen molar-refractivity contribution in [2.24, 2.45) is 0 Å². The van der Waals surface area contributed by atoms with Gasteiger partial charge in [0.1, 0.15) is 0 Å². The number of nitrogens with one attached hydrogen (secondary N) is 1. The van der Waals surface area contributed by atoms with E-state index >= 15 is 0 Å². The van der Waals surface area contributed by atoms with Gasteiger partial charge in [-0.25, -0.2) is 0 Å². The fraction of sp³-hybridized carbons (Fsp3) is 1.00. The molecule has 1 N–H and O–H groups in total. The van der Waals surface area contributed by atoms with Crippen molar-refractivity contribution in [2.45, 2.75) is 52.1 Å². The summed E-state index contributed by atoms with van der Waals surface area (Å²) in [5.74, 6) is 0. The highest BCUT2D eigenvalue weighted by molar-refractivity contribution is 4.78. The predicted molar refractivity (Wildman–Crippen MR) is 75.5 cm³/mol. The number of piperazine rings is 1. The lowest BCUT2D eigenvalue weighted by Crippen LogP contribution is -2.51. The molecule has 0 radical (unpaired) electrons. The lowest BCUT2D eigenvalue weighted by atomic mass is 10.1. The SMILES string of the molecule is CCC(CCCN1CCN(CC)C(C)C1)NC. The van der Waals surface area contributed by atoms with Crippen molar-refractivity contribution < 1.29 is 0 Å². The normalized spacial score (nSPS) is 25.1. The van der Waals surface area contributed by atoms with Crippen LogP contribution in [-0.2, 0) is 0 Å². The molecule has 17 heavy (non-hydrogen) atoms. The summed E-state index contributed by atoms with van der Waals surface area (Å²) >= 11 is 0. The van der Waals surface area contributed by atoms with Gasteiger partial charge >= 0.3 is 0 Å². The summed E-state index contributed by atoms with van der Waals surface area (Å²) in [5.41, 5.74) is 0. The van der Waals surface area contributed by atoms with E-state index in [1.807, 2.05) is 0 Å². The van der Waals surface area contributed by atoms with Crippen molar-refractivity contribution in [1.29, 1.82) is 0 Å². The standard InChI is InChI=1S/C14H31N3/c1-5-14(15-4)8-7-9-16-10-11-17(6-2)13(3)12-16/h13-15H,5-12H2,1-4H3. The third kappa shape index (κ3) is 4.94. The molecule has 2 atom stereocenters. The summed E-state index contributed by atoms with van der Waals surface area (Å²) in [6.07, 6.45) is 3.89. The predicted octanol–water partition coefficient (Wildman–Crippen LogP) is 1.79. The van der Waals surface area contributed by atoms with Gasteiger partial charge in [-0.3, -0.25) is 4.90 Å². The zero-order valence-corrected chi connectivity index (χ0v) is 12.2. The molecular formula is C14H31N3. The van der Waals surface area contributed by atoms with Crippen LogP contribution in [0.25, 0.3) is 0 Å². The summed E-state index contributed by atoms with van der Waals surface area (Å²) in [6.45, 7) is 13.1. The van der Waals surface area contributed by atoms with Crippen LogP contribution >= 0.6 is 0 Å². The zero-order valence-electron chi connectivity index (χ0n) is 12.2. The summed E-state index contributed by atoms with van der Waals surface area (Å²) in [4.78, 5) is 5.22. The van der Waals surface area contributed by atoms with Crippen molar-refractivity contribution in [2.75, 3.05) is 39.8 Å². The summed E-state index contributed by atoms with van der Waals surface area (Å²) in [5, 5.41) is 3.39. The first-order chi connectivity index (χ1) is 8.21. The van der Waals surface area contributed by atoms with Crippen LogP contribution in [0.5, 0.6) is 0 Å². The zero-order chi connectivity index (χ0) is 12.7. The van der Waals surface area contributed by atoms with Gasteiger partial charge in [-0.2, -0.15) is 0 Å². The van der Waals surface area contributed by atoms with Crippen molar-refractivity contribution in [3.8, 4) is 0 Å². The lowest BCUT2D eigenvalue weighted by Gasteiger charge is -2.39. The third-order valence-electron chi connectivity index (χ3n) is 4.18. The van der Waals surface area contributed by atoms with E-state index in [9.17, 15) is 0 Å². The Labute approximate surface area is 108 Å². The van der Waals surface area contributed by atoms with Gasteiger partial charge < -0.3 is 10.2 Å². The van der Waals surface area contributed by atoms with E-state index in [4.69, 9.17) is 0 Å². The molecule has 0 aromatic rings. The summed E-state index contributed by atoms with van der Waals surface area (Å²) in [6, 6.07) is 1.45. The maximum Gasteiger partial charge on any atom is 0.0195 e. The van der Waals surface area contributed by atoms with Crippen LogP contribution in [0.4, 0.5) is 0 Å². The smallest absolute Gasteiger partial charge is 0.0195 e. The molecule has 0 aromatic heterocycles. The lowest BCUT2D eigenvalue weighted by molar-refractivity contribution is 0.0864. The van der Waals surface area contributed by atoms with Crippen LogP contribution in [0.15, 0.2) is 0 Å². The van der Waals surface area contributed by atoms with E-state index in [-0.39, 0.29) is 0 Å². The van der Waals surface area contributed by atoms with E-state index in [1.54, 1.807) is 0 Å². The van der Waals surface area contributed by atoms with Crippen LogP contribution in [0.2, 0.25) is 0 Å². The Hall–Kier alpha value is -0.120. The van der Waals surface area contributed by atoms with Crippen LogP contribution in [0.3, 0.4) is 0 Å². The quantitative estimate of drug-likeness (QED) is 0.733. The average molecular weight is 241 g/mol. The fourth-order valence-electron chi connectivity index (χ4n) is 2.86. The molecule has 1 heterocycles. The first-order valence-corrected chi connectivity index (χ1v) is 7.34. The Kier molecular flexibility index (Phi) is 7.09. The molecule has 1 rings (SSSR count). The van der Waals surface area contributed by atoms with E-state index in [2.05, 4.69) is 42.9 Å². The third-order valence-corrected chi connectivity index (χ3v) is 4.18. The van der Waals surface area contributed by atoms with Crippen LogP contribution in [-0.4, -0.2) is 61.7 Å². The molecule has 1 aliphatic rings. The number of nitrogens with zero attached hydrogens (tertiary/aromatic N) is 2. The van der Waals surface area contributed by atoms with Gasteiger partial charge in [0.2, 0.25) is 0 Å². The second-order valence-corrected chi connectivity index (χ2v) is 5.31. The molecule has 1 fully saturated rings. The van der Waals surface area contributed by atoms with Gasteiger partial charge in [-0.05, 0) is 46.3 Å². The van der Waals surface area contributed by atoms with Crippen LogP contribution in [0.1, 0.15) is 40.0 Å². The maximum absolute atomic E-state index is 3.39. The molecule has 3 heteroatoms. The molecule has 0 amide bonds. The minimum atomic E-state index is 0.712. The minimum Gasteiger partial charge on any atom is -0.317 e. The largest absolute Gasteiger partial charge is 0.317 e. The molecule has 0 aliphatic carbocycles. The molecule has 0 bridgehead atoms. The highest BCUT2D eigenvalue weighted by Gasteiger charge is 2.21. The molecule has 0 aromatic carbocycles. The highest BCUT2D eigenvalue weighted by atomic mass is 15.3. The monoisotopic (exact) mass is 241 g/mol.